The molecule has 5 nitrogen and oxygen atoms in total. The summed E-state index contributed by atoms with van der Waals surface area (Å²) in [5.74, 6) is -0.549. The number of likely N-dealkylation sites (tertiary alicyclic amines) is 1. The van der Waals surface area contributed by atoms with E-state index in [2.05, 4.69) is 10.3 Å². The maximum Gasteiger partial charge on any atom is 0.433 e. The number of nitrogens with zero attached hydrogens (tertiary/aromatic N) is 2. The van der Waals surface area contributed by atoms with Crippen molar-refractivity contribution in [3.05, 3.63) is 24.0 Å². The third kappa shape index (κ3) is 3.46. The van der Waals surface area contributed by atoms with Crippen LogP contribution in [0.15, 0.2) is 18.3 Å². The van der Waals surface area contributed by atoms with Crippen LogP contribution in [0, 0.1) is 0 Å². The minimum atomic E-state index is -4.51. The molecule has 0 aromatic carbocycles. The summed E-state index contributed by atoms with van der Waals surface area (Å²) < 4.78 is 36.9. The van der Waals surface area contributed by atoms with Crippen LogP contribution in [0.2, 0.25) is 0 Å². The lowest BCUT2D eigenvalue weighted by Gasteiger charge is -2.15. The topological polar surface area (TPSA) is 62.3 Å². The second-order valence-electron chi connectivity index (χ2n) is 4.40. The van der Waals surface area contributed by atoms with Crippen LogP contribution in [0.3, 0.4) is 0 Å². The molecular formula is C12H12F3N3O2. The number of carbonyl (C=O) groups excluding carboxylic acids is 2. The van der Waals surface area contributed by atoms with Gasteiger partial charge in [0, 0.05) is 13.0 Å². The molecule has 0 aliphatic carbocycles. The van der Waals surface area contributed by atoms with E-state index in [0.29, 0.717) is 19.4 Å². The number of rotatable bonds is 3. The molecule has 1 aromatic heterocycles. The van der Waals surface area contributed by atoms with E-state index >= 15 is 0 Å². The molecule has 2 amide bonds. The largest absolute Gasteiger partial charge is 0.433 e. The minimum Gasteiger partial charge on any atom is -0.333 e. The first-order chi connectivity index (χ1) is 9.36. The second-order valence-corrected chi connectivity index (χ2v) is 4.40. The number of halogens is 3. The van der Waals surface area contributed by atoms with Gasteiger partial charge in [-0.05, 0) is 18.6 Å². The van der Waals surface area contributed by atoms with Gasteiger partial charge in [0.2, 0.25) is 11.8 Å². The predicted molar refractivity (Wildman–Crippen MR) is 63.7 cm³/mol. The summed E-state index contributed by atoms with van der Waals surface area (Å²) in [6, 6.07) is 1.91. The molecule has 1 saturated heterocycles. The SMILES string of the molecule is O=C(CN1CCCC1=O)Nc1ccc(C(F)(F)F)nc1. The summed E-state index contributed by atoms with van der Waals surface area (Å²) in [5, 5.41) is 2.41. The van der Waals surface area contributed by atoms with Crippen molar-refractivity contribution in [2.75, 3.05) is 18.4 Å². The summed E-state index contributed by atoms with van der Waals surface area (Å²) in [6.07, 6.45) is -2.43. The van der Waals surface area contributed by atoms with Gasteiger partial charge in [0.25, 0.3) is 0 Å². The maximum absolute atomic E-state index is 12.3. The Hall–Kier alpha value is -2.12. The molecule has 1 aliphatic rings. The standard InChI is InChI=1S/C12H12F3N3O2/c13-12(14,15)9-4-3-8(6-16-9)17-10(19)7-18-5-1-2-11(18)20/h3-4,6H,1-2,5,7H2,(H,17,19). The molecule has 2 rings (SSSR count). The van der Waals surface area contributed by atoms with Gasteiger partial charge in [-0.15, -0.1) is 0 Å². The Morgan fingerprint density at radius 1 is 1.40 bits per heavy atom. The van der Waals surface area contributed by atoms with Crippen molar-refractivity contribution in [2.45, 2.75) is 19.0 Å². The molecule has 20 heavy (non-hydrogen) atoms. The summed E-state index contributed by atoms with van der Waals surface area (Å²) in [7, 11) is 0. The average Bonchev–Trinajstić information content (AvgIpc) is 2.74. The summed E-state index contributed by atoms with van der Waals surface area (Å²) >= 11 is 0. The monoisotopic (exact) mass is 287 g/mol. The third-order valence-electron chi connectivity index (χ3n) is 2.84. The van der Waals surface area contributed by atoms with Crippen LogP contribution in [0.4, 0.5) is 18.9 Å². The fourth-order valence-electron chi connectivity index (χ4n) is 1.88. The molecule has 0 radical (unpaired) electrons. The van der Waals surface area contributed by atoms with Gasteiger partial charge < -0.3 is 10.2 Å². The molecule has 1 aliphatic heterocycles. The van der Waals surface area contributed by atoms with Crippen LogP contribution >= 0.6 is 0 Å². The molecule has 0 unspecified atom stereocenters. The van der Waals surface area contributed by atoms with Gasteiger partial charge in [0.1, 0.15) is 5.69 Å². The van der Waals surface area contributed by atoms with E-state index in [9.17, 15) is 22.8 Å². The van der Waals surface area contributed by atoms with Crippen molar-refractivity contribution in [3.63, 3.8) is 0 Å². The van der Waals surface area contributed by atoms with Gasteiger partial charge >= 0.3 is 6.18 Å². The van der Waals surface area contributed by atoms with E-state index < -0.39 is 17.8 Å². The summed E-state index contributed by atoms with van der Waals surface area (Å²) in [4.78, 5) is 27.6. The zero-order valence-electron chi connectivity index (χ0n) is 10.4. The Kier molecular flexibility index (Phi) is 3.91. The Balaban J connectivity index is 1.93. The molecule has 1 fully saturated rings. The molecular weight excluding hydrogens is 275 g/mol. The van der Waals surface area contributed by atoms with Crippen molar-refractivity contribution in [1.82, 2.24) is 9.88 Å². The number of amides is 2. The highest BCUT2D eigenvalue weighted by Gasteiger charge is 2.32. The van der Waals surface area contributed by atoms with Crippen molar-refractivity contribution in [2.24, 2.45) is 0 Å². The van der Waals surface area contributed by atoms with Crippen molar-refractivity contribution < 1.29 is 22.8 Å². The van der Waals surface area contributed by atoms with Crippen molar-refractivity contribution in [3.8, 4) is 0 Å². The number of anilines is 1. The van der Waals surface area contributed by atoms with Crippen LogP contribution in [-0.2, 0) is 15.8 Å². The first kappa shape index (κ1) is 14.3. The highest BCUT2D eigenvalue weighted by Crippen LogP contribution is 2.27. The van der Waals surface area contributed by atoms with Gasteiger partial charge in [-0.3, -0.25) is 9.59 Å². The van der Waals surface area contributed by atoms with Crippen molar-refractivity contribution >= 4 is 17.5 Å². The third-order valence-corrected chi connectivity index (χ3v) is 2.84. The van der Waals surface area contributed by atoms with Gasteiger partial charge in [-0.2, -0.15) is 13.2 Å². The van der Waals surface area contributed by atoms with Crippen LogP contribution in [0.5, 0.6) is 0 Å². The molecule has 0 atom stereocenters. The molecule has 1 N–H and O–H groups in total. The first-order valence-electron chi connectivity index (χ1n) is 5.97. The fraction of sp³-hybridized carbons (Fsp3) is 0.417. The molecule has 2 heterocycles. The lowest BCUT2D eigenvalue weighted by atomic mass is 10.3. The van der Waals surface area contributed by atoms with Crippen LogP contribution in [0.1, 0.15) is 18.5 Å². The number of carbonyl (C=O) groups is 2. The minimum absolute atomic E-state index is 0.0919. The van der Waals surface area contributed by atoms with Crippen LogP contribution < -0.4 is 5.32 Å². The number of nitrogens with one attached hydrogen (secondary N) is 1. The normalized spacial score (nSPS) is 15.6. The van der Waals surface area contributed by atoms with E-state index in [1.54, 1.807) is 0 Å². The lowest BCUT2D eigenvalue weighted by molar-refractivity contribution is -0.141. The molecule has 0 bridgehead atoms. The zero-order valence-corrected chi connectivity index (χ0v) is 10.4. The van der Waals surface area contributed by atoms with E-state index in [0.717, 1.165) is 18.3 Å². The van der Waals surface area contributed by atoms with Gasteiger partial charge in [-0.25, -0.2) is 4.98 Å². The highest BCUT2D eigenvalue weighted by molar-refractivity contribution is 5.94. The maximum atomic E-state index is 12.3. The molecule has 0 spiro atoms. The number of hydrogen-bond acceptors (Lipinski definition) is 3. The number of aromatic nitrogens is 1. The van der Waals surface area contributed by atoms with Gasteiger partial charge in [0.15, 0.2) is 0 Å². The Bertz CT molecular complexity index is 514. The first-order valence-corrected chi connectivity index (χ1v) is 5.97. The van der Waals surface area contributed by atoms with Crippen LogP contribution in [0.25, 0.3) is 0 Å². The highest BCUT2D eigenvalue weighted by atomic mass is 19.4. The Morgan fingerprint density at radius 3 is 2.65 bits per heavy atom. The smallest absolute Gasteiger partial charge is 0.333 e. The second kappa shape index (κ2) is 5.48. The summed E-state index contributed by atoms with van der Waals surface area (Å²) in [6.45, 7) is 0.428. The Morgan fingerprint density at radius 2 is 2.15 bits per heavy atom. The average molecular weight is 287 g/mol. The molecule has 0 saturated carbocycles. The fourth-order valence-corrected chi connectivity index (χ4v) is 1.88. The van der Waals surface area contributed by atoms with Crippen molar-refractivity contribution in [1.29, 1.82) is 0 Å². The number of hydrogen-bond donors (Lipinski definition) is 1. The van der Waals surface area contributed by atoms with E-state index in [4.69, 9.17) is 0 Å². The van der Waals surface area contributed by atoms with Crippen LogP contribution in [-0.4, -0.2) is 34.8 Å². The molecule has 1 aromatic rings. The van der Waals surface area contributed by atoms with E-state index in [-0.39, 0.29) is 18.1 Å². The zero-order chi connectivity index (χ0) is 14.8. The summed E-state index contributed by atoms with van der Waals surface area (Å²) in [5.41, 5.74) is -0.861. The molecule has 108 valence electrons. The van der Waals surface area contributed by atoms with E-state index in [1.165, 1.54) is 4.90 Å². The number of alkyl halides is 3. The number of pyridine rings is 1. The Labute approximate surface area is 112 Å². The van der Waals surface area contributed by atoms with E-state index in [1.807, 2.05) is 0 Å². The predicted octanol–water partition coefficient (Wildman–Crippen LogP) is 1.66. The van der Waals surface area contributed by atoms with Gasteiger partial charge in [-0.1, -0.05) is 0 Å². The molecule has 8 heteroatoms. The lowest BCUT2D eigenvalue weighted by Crippen LogP contribution is -2.34. The van der Waals surface area contributed by atoms with Gasteiger partial charge in [0.05, 0.1) is 18.4 Å². The quantitative estimate of drug-likeness (QED) is 0.919.